The number of aliphatic hydroxyl groups is 1. The Morgan fingerprint density at radius 2 is 1.88 bits per heavy atom. The van der Waals surface area contributed by atoms with Gasteiger partial charge in [-0.2, -0.15) is 0 Å². The van der Waals surface area contributed by atoms with Crippen LogP contribution in [0.2, 0.25) is 5.02 Å². The third kappa shape index (κ3) is 5.71. The standard InChI is InChI=1S/C18H22ClNO4S/c1-18(21,11-10-14-6-4-3-5-7-14)13-20-25(22,23)15-8-9-17(24-2)16(19)12-15/h3-9,12,20-21H,10-11,13H2,1-2H3. The van der Waals surface area contributed by atoms with Gasteiger partial charge in [-0.3, -0.25) is 0 Å². The molecule has 0 aromatic heterocycles. The highest BCUT2D eigenvalue weighted by atomic mass is 35.5. The SMILES string of the molecule is COc1ccc(S(=O)(=O)NCC(C)(O)CCc2ccccc2)cc1Cl. The van der Waals surface area contributed by atoms with Gasteiger partial charge in [0.25, 0.3) is 0 Å². The maximum Gasteiger partial charge on any atom is 0.240 e. The van der Waals surface area contributed by atoms with E-state index in [1.165, 1.54) is 25.3 Å². The minimum absolute atomic E-state index is 0.0251. The molecule has 0 amide bonds. The van der Waals surface area contributed by atoms with Crippen molar-refractivity contribution >= 4 is 21.6 Å². The first-order chi connectivity index (χ1) is 11.7. The van der Waals surface area contributed by atoms with Crippen LogP contribution < -0.4 is 9.46 Å². The zero-order valence-electron chi connectivity index (χ0n) is 14.2. The van der Waals surface area contributed by atoms with E-state index < -0.39 is 15.6 Å². The molecule has 0 radical (unpaired) electrons. The van der Waals surface area contributed by atoms with Crippen molar-refractivity contribution in [2.45, 2.75) is 30.3 Å². The highest BCUT2D eigenvalue weighted by Gasteiger charge is 2.24. The van der Waals surface area contributed by atoms with Crippen LogP contribution in [0.1, 0.15) is 18.9 Å². The van der Waals surface area contributed by atoms with Crippen LogP contribution in [0.25, 0.3) is 0 Å². The number of aryl methyl sites for hydroxylation is 1. The Balaban J connectivity index is 1.99. The molecule has 5 nitrogen and oxygen atoms in total. The zero-order chi connectivity index (χ0) is 18.5. The minimum atomic E-state index is -3.77. The van der Waals surface area contributed by atoms with E-state index in [2.05, 4.69) is 4.72 Å². The lowest BCUT2D eigenvalue weighted by atomic mass is 9.97. The third-order valence-electron chi connectivity index (χ3n) is 3.87. The fourth-order valence-electron chi connectivity index (χ4n) is 2.29. The molecule has 2 aromatic carbocycles. The van der Waals surface area contributed by atoms with Crippen molar-refractivity contribution in [3.8, 4) is 5.75 Å². The van der Waals surface area contributed by atoms with Crippen LogP contribution >= 0.6 is 11.6 Å². The number of rotatable bonds is 8. The summed E-state index contributed by atoms with van der Waals surface area (Å²) in [6.07, 6.45) is 1.09. The second-order valence-electron chi connectivity index (χ2n) is 6.10. The molecule has 7 heteroatoms. The monoisotopic (exact) mass is 383 g/mol. The Morgan fingerprint density at radius 3 is 2.48 bits per heavy atom. The van der Waals surface area contributed by atoms with Gasteiger partial charge in [0, 0.05) is 6.54 Å². The number of hydrogen-bond acceptors (Lipinski definition) is 4. The van der Waals surface area contributed by atoms with Crippen LogP contribution in [0.4, 0.5) is 0 Å². The van der Waals surface area contributed by atoms with Crippen molar-refractivity contribution in [2.75, 3.05) is 13.7 Å². The fourth-order valence-corrected chi connectivity index (χ4v) is 3.80. The van der Waals surface area contributed by atoms with E-state index in [0.29, 0.717) is 18.6 Å². The summed E-state index contributed by atoms with van der Waals surface area (Å²) in [4.78, 5) is 0.0251. The summed E-state index contributed by atoms with van der Waals surface area (Å²) in [5.41, 5.74) is -0.0771. The van der Waals surface area contributed by atoms with Gasteiger partial charge in [0.2, 0.25) is 10.0 Å². The minimum Gasteiger partial charge on any atom is -0.495 e. The van der Waals surface area contributed by atoms with Gasteiger partial charge in [-0.1, -0.05) is 41.9 Å². The van der Waals surface area contributed by atoms with E-state index in [0.717, 1.165) is 5.56 Å². The lowest BCUT2D eigenvalue weighted by Gasteiger charge is -2.23. The summed E-state index contributed by atoms with van der Waals surface area (Å²) in [5, 5.41) is 10.7. The first kappa shape index (κ1) is 19.7. The van der Waals surface area contributed by atoms with E-state index in [1.54, 1.807) is 6.92 Å². The fraction of sp³-hybridized carbons (Fsp3) is 0.333. The topological polar surface area (TPSA) is 75.6 Å². The lowest BCUT2D eigenvalue weighted by Crippen LogP contribution is -2.40. The summed E-state index contributed by atoms with van der Waals surface area (Å²) in [5.74, 6) is 0.399. The predicted molar refractivity (Wildman–Crippen MR) is 98.6 cm³/mol. The molecule has 0 fully saturated rings. The number of nitrogens with one attached hydrogen (secondary N) is 1. The van der Waals surface area contributed by atoms with Gasteiger partial charge >= 0.3 is 0 Å². The van der Waals surface area contributed by atoms with Gasteiger partial charge in [0.05, 0.1) is 22.6 Å². The zero-order valence-corrected chi connectivity index (χ0v) is 15.8. The Bertz CT molecular complexity index is 807. The molecule has 136 valence electrons. The van der Waals surface area contributed by atoms with Gasteiger partial charge in [0.15, 0.2) is 0 Å². The van der Waals surface area contributed by atoms with Crippen LogP contribution in [-0.2, 0) is 16.4 Å². The summed E-state index contributed by atoms with van der Waals surface area (Å²) >= 11 is 5.98. The Labute approximate surface area is 153 Å². The average molecular weight is 384 g/mol. The first-order valence-corrected chi connectivity index (χ1v) is 9.69. The van der Waals surface area contributed by atoms with Crippen LogP contribution in [0, 0.1) is 0 Å². The summed E-state index contributed by atoms with van der Waals surface area (Å²) < 4.78 is 32.2. The van der Waals surface area contributed by atoms with Crippen LogP contribution in [0.3, 0.4) is 0 Å². The van der Waals surface area contributed by atoms with Gasteiger partial charge in [-0.05, 0) is 43.5 Å². The second-order valence-corrected chi connectivity index (χ2v) is 8.28. The van der Waals surface area contributed by atoms with Crippen LogP contribution in [0.15, 0.2) is 53.4 Å². The lowest BCUT2D eigenvalue weighted by molar-refractivity contribution is 0.0565. The molecule has 25 heavy (non-hydrogen) atoms. The number of methoxy groups -OCH3 is 1. The average Bonchev–Trinajstić information content (AvgIpc) is 2.59. The molecule has 2 aromatic rings. The van der Waals surface area contributed by atoms with Gasteiger partial charge in [-0.15, -0.1) is 0 Å². The quantitative estimate of drug-likeness (QED) is 0.734. The third-order valence-corrected chi connectivity index (χ3v) is 5.57. The highest BCUT2D eigenvalue weighted by Crippen LogP contribution is 2.27. The van der Waals surface area contributed by atoms with E-state index in [9.17, 15) is 13.5 Å². The van der Waals surface area contributed by atoms with Crippen molar-refractivity contribution in [2.24, 2.45) is 0 Å². The van der Waals surface area contributed by atoms with Crippen molar-refractivity contribution in [3.63, 3.8) is 0 Å². The number of hydrogen-bond donors (Lipinski definition) is 2. The van der Waals surface area contributed by atoms with Crippen LogP contribution in [-0.4, -0.2) is 32.8 Å². The molecule has 2 rings (SSSR count). The molecular weight excluding hydrogens is 362 g/mol. The Kier molecular flexibility index (Phi) is 6.46. The van der Waals surface area contributed by atoms with E-state index in [4.69, 9.17) is 16.3 Å². The molecule has 2 N–H and O–H groups in total. The molecule has 0 bridgehead atoms. The predicted octanol–water partition coefficient (Wildman–Crippen LogP) is 3.01. The molecular formula is C18H22ClNO4S. The smallest absolute Gasteiger partial charge is 0.240 e. The highest BCUT2D eigenvalue weighted by molar-refractivity contribution is 7.89. The molecule has 0 aliphatic heterocycles. The normalized spacial score (nSPS) is 14.1. The Morgan fingerprint density at radius 1 is 1.20 bits per heavy atom. The Hall–Kier alpha value is -1.60. The van der Waals surface area contributed by atoms with Crippen molar-refractivity contribution in [1.82, 2.24) is 4.72 Å². The summed E-state index contributed by atoms with van der Waals surface area (Å²) in [6.45, 7) is 1.52. The first-order valence-electron chi connectivity index (χ1n) is 7.83. The molecule has 0 heterocycles. The maximum absolute atomic E-state index is 12.4. The molecule has 0 aliphatic carbocycles. The van der Waals surface area contributed by atoms with E-state index >= 15 is 0 Å². The van der Waals surface area contributed by atoms with E-state index in [1.807, 2.05) is 30.3 Å². The van der Waals surface area contributed by atoms with Crippen molar-refractivity contribution in [3.05, 3.63) is 59.1 Å². The largest absolute Gasteiger partial charge is 0.495 e. The van der Waals surface area contributed by atoms with Gasteiger partial charge < -0.3 is 9.84 Å². The number of sulfonamides is 1. The van der Waals surface area contributed by atoms with Gasteiger partial charge in [0.1, 0.15) is 5.75 Å². The molecule has 0 saturated heterocycles. The molecule has 1 unspecified atom stereocenters. The maximum atomic E-state index is 12.4. The second kappa shape index (κ2) is 8.19. The van der Waals surface area contributed by atoms with Crippen molar-refractivity contribution < 1.29 is 18.3 Å². The van der Waals surface area contributed by atoms with Crippen molar-refractivity contribution in [1.29, 1.82) is 0 Å². The van der Waals surface area contributed by atoms with Gasteiger partial charge in [-0.25, -0.2) is 13.1 Å². The summed E-state index contributed by atoms with van der Waals surface area (Å²) in [7, 11) is -2.32. The van der Waals surface area contributed by atoms with Crippen LogP contribution in [0.5, 0.6) is 5.75 Å². The number of benzene rings is 2. The molecule has 0 saturated carbocycles. The van der Waals surface area contributed by atoms with E-state index in [-0.39, 0.29) is 16.5 Å². The molecule has 0 aliphatic rings. The number of ether oxygens (including phenoxy) is 1. The summed E-state index contributed by atoms with van der Waals surface area (Å²) in [6, 6.07) is 14.0. The molecule has 1 atom stereocenters. The molecule has 0 spiro atoms. The number of halogens is 1.